The molecule has 344 valence electrons. The second-order valence-electron chi connectivity index (χ2n) is 16.9. The van der Waals surface area contributed by atoms with Crippen LogP contribution in [-0.4, -0.2) is 34.9 Å². The fourth-order valence-electron chi connectivity index (χ4n) is 7.26. The molecule has 4 heteroatoms. The van der Waals surface area contributed by atoms with Crippen molar-refractivity contribution < 1.29 is 15.0 Å². The Morgan fingerprint density at radius 2 is 0.733 bits per heavy atom. The van der Waals surface area contributed by atoms with Gasteiger partial charge in [0.2, 0.25) is 5.91 Å². The van der Waals surface area contributed by atoms with Crippen molar-refractivity contribution in [3.63, 3.8) is 0 Å². The van der Waals surface area contributed by atoms with E-state index in [2.05, 4.69) is 116 Å². The molecule has 0 aromatic heterocycles. The van der Waals surface area contributed by atoms with Gasteiger partial charge in [-0.25, -0.2) is 0 Å². The molecule has 0 aliphatic heterocycles. The number of allylic oxidation sites excluding steroid dienone is 16. The molecule has 0 saturated heterocycles. The maximum atomic E-state index is 12.5. The first kappa shape index (κ1) is 57.3. The topological polar surface area (TPSA) is 69.6 Å². The monoisotopic (exact) mass is 832 g/mol. The molecule has 0 aromatic carbocycles. The normalized spacial score (nSPS) is 13.7. The Morgan fingerprint density at radius 1 is 0.417 bits per heavy atom. The summed E-state index contributed by atoms with van der Waals surface area (Å²) in [4.78, 5) is 12.5. The molecule has 2 unspecified atom stereocenters. The Kier molecular flexibility index (Phi) is 48.4. The number of carbonyl (C=O) groups excluding carboxylic acids is 1. The first-order valence-corrected chi connectivity index (χ1v) is 25.4. The molecule has 3 N–H and O–H groups in total. The van der Waals surface area contributed by atoms with Crippen LogP contribution >= 0.6 is 0 Å². The number of nitrogens with one attached hydrogen (secondary N) is 1. The van der Waals surface area contributed by atoms with Crippen LogP contribution in [0.1, 0.15) is 232 Å². The third-order valence-electron chi connectivity index (χ3n) is 11.1. The number of amides is 1. The summed E-state index contributed by atoms with van der Waals surface area (Å²) in [5, 5.41) is 23.3. The molecule has 60 heavy (non-hydrogen) atoms. The van der Waals surface area contributed by atoms with Crippen LogP contribution in [0, 0.1) is 0 Å². The lowest BCUT2D eigenvalue weighted by atomic mass is 10.0. The van der Waals surface area contributed by atoms with Crippen molar-refractivity contribution in [3.05, 3.63) is 97.2 Å². The van der Waals surface area contributed by atoms with Gasteiger partial charge < -0.3 is 15.5 Å². The van der Waals surface area contributed by atoms with Gasteiger partial charge in [0, 0.05) is 6.42 Å². The molecule has 0 heterocycles. The van der Waals surface area contributed by atoms with E-state index >= 15 is 0 Å². The third-order valence-corrected chi connectivity index (χ3v) is 11.1. The van der Waals surface area contributed by atoms with E-state index in [-0.39, 0.29) is 12.5 Å². The summed E-state index contributed by atoms with van der Waals surface area (Å²) >= 11 is 0. The minimum Gasteiger partial charge on any atom is -0.394 e. The number of aliphatic hydroxyl groups is 2. The molecule has 0 aliphatic carbocycles. The van der Waals surface area contributed by atoms with Crippen LogP contribution < -0.4 is 5.32 Å². The van der Waals surface area contributed by atoms with E-state index in [0.29, 0.717) is 12.8 Å². The average molecular weight is 832 g/mol. The Bertz CT molecular complexity index is 1130. The fourth-order valence-corrected chi connectivity index (χ4v) is 7.26. The summed E-state index contributed by atoms with van der Waals surface area (Å²) in [6.45, 7) is 4.24. The van der Waals surface area contributed by atoms with Gasteiger partial charge in [-0.15, -0.1) is 0 Å². The van der Waals surface area contributed by atoms with Gasteiger partial charge in [0.05, 0.1) is 18.8 Å². The van der Waals surface area contributed by atoms with E-state index in [1.807, 2.05) is 0 Å². The molecule has 0 fully saturated rings. The summed E-state index contributed by atoms with van der Waals surface area (Å²) in [7, 11) is 0. The SMILES string of the molecule is CC/C=C\C/C=C\C/C=C\C/C=C\C/C=C\C/C=C\C/C=C\C/C=C\CCCCCCC(=O)NC(CO)C(O)CCCCCCCCCCCCCCCCCCCCC. The van der Waals surface area contributed by atoms with Crippen LogP contribution in [0.3, 0.4) is 0 Å². The van der Waals surface area contributed by atoms with Gasteiger partial charge in [-0.1, -0.05) is 246 Å². The van der Waals surface area contributed by atoms with Crippen molar-refractivity contribution in [2.45, 2.75) is 244 Å². The molecular weight excluding hydrogens is 735 g/mol. The van der Waals surface area contributed by atoms with Gasteiger partial charge in [-0.3, -0.25) is 4.79 Å². The van der Waals surface area contributed by atoms with Crippen molar-refractivity contribution in [2.75, 3.05) is 6.61 Å². The fraction of sp³-hybridized carbons (Fsp3) is 0.696. The highest BCUT2D eigenvalue weighted by atomic mass is 16.3. The van der Waals surface area contributed by atoms with E-state index in [4.69, 9.17) is 0 Å². The number of unbranched alkanes of at least 4 members (excludes halogenated alkanes) is 22. The zero-order valence-electron chi connectivity index (χ0n) is 39.4. The van der Waals surface area contributed by atoms with E-state index in [9.17, 15) is 15.0 Å². The molecule has 0 aliphatic rings. The maximum absolute atomic E-state index is 12.5. The molecule has 0 aromatic rings. The number of carbonyl (C=O) groups is 1. The van der Waals surface area contributed by atoms with Gasteiger partial charge in [0.25, 0.3) is 0 Å². The molecular formula is C56H97NO3. The van der Waals surface area contributed by atoms with Gasteiger partial charge in [0.1, 0.15) is 0 Å². The van der Waals surface area contributed by atoms with Crippen LogP contribution in [0.25, 0.3) is 0 Å². The summed E-state index contributed by atoms with van der Waals surface area (Å²) in [6.07, 6.45) is 75.0. The Labute approximate surface area is 373 Å². The Balaban J connectivity index is 3.64. The van der Waals surface area contributed by atoms with E-state index in [1.54, 1.807) is 0 Å². The molecule has 1 amide bonds. The zero-order valence-corrected chi connectivity index (χ0v) is 39.4. The highest BCUT2D eigenvalue weighted by Gasteiger charge is 2.20. The number of hydrogen-bond donors (Lipinski definition) is 3. The van der Waals surface area contributed by atoms with Crippen molar-refractivity contribution in [2.24, 2.45) is 0 Å². The quantitative estimate of drug-likeness (QED) is 0.0423. The van der Waals surface area contributed by atoms with Crippen molar-refractivity contribution in [3.8, 4) is 0 Å². The molecule has 0 saturated carbocycles. The van der Waals surface area contributed by atoms with Crippen LogP contribution in [-0.2, 0) is 4.79 Å². The number of aliphatic hydroxyl groups excluding tert-OH is 2. The first-order valence-electron chi connectivity index (χ1n) is 25.4. The van der Waals surface area contributed by atoms with Gasteiger partial charge in [0.15, 0.2) is 0 Å². The molecule has 0 bridgehead atoms. The first-order chi connectivity index (χ1) is 29.7. The molecule has 0 spiro atoms. The maximum Gasteiger partial charge on any atom is 0.220 e. The van der Waals surface area contributed by atoms with E-state index in [1.165, 1.54) is 109 Å². The van der Waals surface area contributed by atoms with Gasteiger partial charge >= 0.3 is 0 Å². The molecule has 4 nitrogen and oxygen atoms in total. The lowest BCUT2D eigenvalue weighted by Crippen LogP contribution is -2.45. The summed E-state index contributed by atoms with van der Waals surface area (Å²) in [5.41, 5.74) is 0. The largest absolute Gasteiger partial charge is 0.394 e. The Morgan fingerprint density at radius 3 is 1.10 bits per heavy atom. The van der Waals surface area contributed by atoms with Gasteiger partial charge in [-0.05, 0) is 77.0 Å². The predicted octanol–water partition coefficient (Wildman–Crippen LogP) is 16.6. The summed E-state index contributed by atoms with van der Waals surface area (Å²) in [5.74, 6) is -0.0584. The number of hydrogen-bond acceptors (Lipinski definition) is 3. The minimum atomic E-state index is -0.678. The number of rotatable bonds is 45. The second-order valence-corrected chi connectivity index (χ2v) is 16.9. The van der Waals surface area contributed by atoms with Crippen LogP contribution in [0.15, 0.2) is 97.2 Å². The highest BCUT2D eigenvalue weighted by Crippen LogP contribution is 2.16. The third kappa shape index (κ3) is 46.4. The second kappa shape index (κ2) is 50.7. The van der Waals surface area contributed by atoms with Crippen LogP contribution in [0.4, 0.5) is 0 Å². The lowest BCUT2D eigenvalue weighted by molar-refractivity contribution is -0.123. The minimum absolute atomic E-state index is 0.0584. The predicted molar refractivity (Wildman–Crippen MR) is 266 cm³/mol. The average Bonchev–Trinajstić information content (AvgIpc) is 3.25. The molecule has 0 rings (SSSR count). The lowest BCUT2D eigenvalue weighted by Gasteiger charge is -2.22. The highest BCUT2D eigenvalue weighted by molar-refractivity contribution is 5.76. The van der Waals surface area contributed by atoms with Gasteiger partial charge in [-0.2, -0.15) is 0 Å². The standard InChI is InChI=1S/C56H97NO3/c1-3-5-7-9-11-13-15-17-19-21-23-24-25-26-27-28-29-30-31-32-34-36-38-40-42-44-46-48-50-52-56(60)57-54(53-58)55(59)51-49-47-45-43-41-39-37-35-33-22-20-18-16-14-12-10-8-6-4-2/h5,7,11,13,17,19,23-24,26-27,29-30,32,34,38,40,54-55,58-59H,3-4,6,8-10,12,14-16,18,20-22,25,28,31,33,35-37,39,41-53H2,1-2H3,(H,57,60)/b7-5-,13-11-,19-17-,24-23-,27-26-,30-29-,34-32-,40-38-. The van der Waals surface area contributed by atoms with E-state index < -0.39 is 12.1 Å². The van der Waals surface area contributed by atoms with E-state index in [0.717, 1.165) is 96.3 Å². The molecule has 0 radical (unpaired) electrons. The van der Waals surface area contributed by atoms with Crippen molar-refractivity contribution >= 4 is 5.91 Å². The summed E-state index contributed by atoms with van der Waals surface area (Å²) in [6, 6.07) is -0.558. The van der Waals surface area contributed by atoms with Crippen molar-refractivity contribution in [1.29, 1.82) is 0 Å². The van der Waals surface area contributed by atoms with Crippen molar-refractivity contribution in [1.82, 2.24) is 5.32 Å². The smallest absolute Gasteiger partial charge is 0.220 e. The van der Waals surface area contributed by atoms with Crippen LogP contribution in [0.5, 0.6) is 0 Å². The zero-order chi connectivity index (χ0) is 43.5. The van der Waals surface area contributed by atoms with Crippen LogP contribution in [0.2, 0.25) is 0 Å². The summed E-state index contributed by atoms with van der Waals surface area (Å²) < 4.78 is 0. The Hall–Kier alpha value is -2.69. The molecule has 2 atom stereocenters.